The van der Waals surface area contributed by atoms with Crippen molar-refractivity contribution < 1.29 is 9.90 Å². The number of nitrogens with zero attached hydrogens (tertiary/aromatic N) is 2. The van der Waals surface area contributed by atoms with Crippen LogP contribution in [-0.2, 0) is 4.79 Å². The molecule has 2 rings (SSSR count). The van der Waals surface area contributed by atoms with Gasteiger partial charge in [-0.1, -0.05) is 49.3 Å². The second-order valence-electron chi connectivity index (χ2n) is 5.11. The van der Waals surface area contributed by atoms with Gasteiger partial charge in [0, 0.05) is 6.04 Å². The highest BCUT2D eigenvalue weighted by atomic mass is 32.2. The average Bonchev–Trinajstić information content (AvgIpc) is 2.91. The van der Waals surface area contributed by atoms with Gasteiger partial charge in [0.05, 0.1) is 5.75 Å². The molecule has 5 nitrogen and oxygen atoms in total. The van der Waals surface area contributed by atoms with Crippen LogP contribution < -0.4 is 5.32 Å². The number of carbonyl (C=O) groups is 1. The van der Waals surface area contributed by atoms with E-state index in [0.29, 0.717) is 10.4 Å². The number of anilines is 1. The molecule has 1 aliphatic rings. The lowest BCUT2D eigenvalue weighted by molar-refractivity contribution is -0.133. The maximum atomic E-state index is 10.5. The van der Waals surface area contributed by atoms with Gasteiger partial charge in [0.2, 0.25) is 5.13 Å². The Balaban J connectivity index is 1.88. The minimum absolute atomic E-state index is 0.0362. The lowest BCUT2D eigenvalue weighted by atomic mass is 9.83. The maximum Gasteiger partial charge on any atom is 0.313 e. The molecule has 0 amide bonds. The van der Waals surface area contributed by atoms with Crippen molar-refractivity contribution >= 4 is 34.2 Å². The molecule has 1 aromatic rings. The van der Waals surface area contributed by atoms with Crippen LogP contribution in [0.4, 0.5) is 5.13 Å². The number of carboxylic acids is 1. The molecule has 1 unspecified atom stereocenters. The fourth-order valence-electron chi connectivity index (χ4n) is 2.70. The highest BCUT2D eigenvalue weighted by Crippen LogP contribution is 2.31. The Labute approximate surface area is 127 Å². The van der Waals surface area contributed by atoms with E-state index in [9.17, 15) is 4.79 Å². The van der Waals surface area contributed by atoms with Crippen molar-refractivity contribution in [1.82, 2.24) is 10.2 Å². The Kier molecular flexibility index (Phi) is 6.09. The zero-order chi connectivity index (χ0) is 14.4. The van der Waals surface area contributed by atoms with Gasteiger partial charge in [-0.3, -0.25) is 4.79 Å². The zero-order valence-corrected chi connectivity index (χ0v) is 13.3. The first kappa shape index (κ1) is 15.6. The van der Waals surface area contributed by atoms with Crippen LogP contribution in [0.2, 0.25) is 0 Å². The van der Waals surface area contributed by atoms with E-state index >= 15 is 0 Å². The molecule has 0 aromatic carbocycles. The summed E-state index contributed by atoms with van der Waals surface area (Å²) in [6, 6.07) is 0.459. The minimum atomic E-state index is -0.826. The number of aromatic nitrogens is 2. The molecule has 1 aliphatic carbocycles. The van der Waals surface area contributed by atoms with E-state index in [4.69, 9.17) is 5.11 Å². The van der Waals surface area contributed by atoms with E-state index in [1.807, 2.05) is 0 Å². The van der Waals surface area contributed by atoms with Crippen molar-refractivity contribution in [2.75, 3.05) is 11.1 Å². The predicted molar refractivity (Wildman–Crippen MR) is 82.5 cm³/mol. The molecule has 7 heteroatoms. The Bertz CT molecular complexity index is 433. The van der Waals surface area contributed by atoms with Gasteiger partial charge in [-0.2, -0.15) is 0 Å². The smallest absolute Gasteiger partial charge is 0.313 e. The van der Waals surface area contributed by atoms with Crippen LogP contribution in [0, 0.1) is 5.92 Å². The van der Waals surface area contributed by atoms with E-state index in [0.717, 1.165) is 17.5 Å². The summed E-state index contributed by atoms with van der Waals surface area (Å²) in [6.45, 7) is 2.20. The largest absolute Gasteiger partial charge is 0.481 e. The molecule has 0 spiro atoms. The summed E-state index contributed by atoms with van der Waals surface area (Å²) in [7, 11) is 0. The number of carboxylic acid groups (broad SMARTS) is 1. The predicted octanol–water partition coefficient (Wildman–Crippen LogP) is 3.49. The van der Waals surface area contributed by atoms with Gasteiger partial charge in [-0.05, 0) is 25.2 Å². The van der Waals surface area contributed by atoms with E-state index in [1.54, 1.807) is 0 Å². The fourth-order valence-corrected chi connectivity index (χ4v) is 4.23. The summed E-state index contributed by atoms with van der Waals surface area (Å²) in [5.41, 5.74) is 0. The molecule has 1 aromatic heterocycles. The Hall–Kier alpha value is -0.820. The average molecular weight is 315 g/mol. The third-order valence-corrected chi connectivity index (χ3v) is 5.67. The normalized spacial score (nSPS) is 17.9. The first-order valence-corrected chi connectivity index (χ1v) is 8.94. The van der Waals surface area contributed by atoms with Crippen LogP contribution in [0.3, 0.4) is 0 Å². The van der Waals surface area contributed by atoms with Gasteiger partial charge >= 0.3 is 5.97 Å². The number of hydrogen-bond acceptors (Lipinski definition) is 6. The molecule has 2 N–H and O–H groups in total. The van der Waals surface area contributed by atoms with Crippen molar-refractivity contribution in [2.45, 2.75) is 55.8 Å². The first-order chi connectivity index (χ1) is 9.69. The SMILES string of the molecule is CCC(Nc1nnc(SCC(=O)O)s1)C1CCCCC1. The molecule has 1 atom stereocenters. The van der Waals surface area contributed by atoms with Gasteiger partial charge in [0.25, 0.3) is 0 Å². The molecule has 0 radical (unpaired) electrons. The van der Waals surface area contributed by atoms with Crippen LogP contribution >= 0.6 is 23.1 Å². The van der Waals surface area contributed by atoms with Crippen LogP contribution in [0.5, 0.6) is 0 Å². The molecule has 0 bridgehead atoms. The number of hydrogen-bond donors (Lipinski definition) is 2. The quantitative estimate of drug-likeness (QED) is 0.750. The summed E-state index contributed by atoms with van der Waals surface area (Å²) in [4.78, 5) is 10.5. The highest BCUT2D eigenvalue weighted by Gasteiger charge is 2.23. The van der Waals surface area contributed by atoms with Gasteiger partial charge < -0.3 is 10.4 Å². The molecule has 1 saturated carbocycles. The molecular formula is C13H21N3O2S2. The topological polar surface area (TPSA) is 75.1 Å². The van der Waals surface area contributed by atoms with E-state index in [2.05, 4.69) is 22.4 Å². The van der Waals surface area contributed by atoms with E-state index in [-0.39, 0.29) is 5.75 Å². The van der Waals surface area contributed by atoms with Gasteiger partial charge in [0.1, 0.15) is 0 Å². The monoisotopic (exact) mass is 315 g/mol. The molecule has 0 saturated heterocycles. The number of aliphatic carboxylic acids is 1. The fraction of sp³-hybridized carbons (Fsp3) is 0.769. The lowest BCUT2D eigenvalue weighted by Crippen LogP contribution is -2.30. The van der Waals surface area contributed by atoms with E-state index < -0.39 is 5.97 Å². The van der Waals surface area contributed by atoms with Crippen molar-refractivity contribution in [2.24, 2.45) is 5.92 Å². The summed E-state index contributed by atoms with van der Waals surface area (Å²) < 4.78 is 0.716. The Morgan fingerprint density at radius 3 is 2.85 bits per heavy atom. The highest BCUT2D eigenvalue weighted by molar-refractivity contribution is 8.01. The number of nitrogens with one attached hydrogen (secondary N) is 1. The molecule has 112 valence electrons. The lowest BCUT2D eigenvalue weighted by Gasteiger charge is -2.29. The summed E-state index contributed by atoms with van der Waals surface area (Å²) in [6.07, 6.45) is 7.71. The van der Waals surface area contributed by atoms with Crippen LogP contribution in [0.1, 0.15) is 45.4 Å². The standard InChI is InChI=1S/C13H21N3O2S2/c1-2-10(9-6-4-3-5-7-9)14-12-15-16-13(20-12)19-8-11(17)18/h9-10H,2-8H2,1H3,(H,14,15)(H,17,18). The van der Waals surface area contributed by atoms with Crippen molar-refractivity contribution in [3.63, 3.8) is 0 Å². The second kappa shape index (κ2) is 7.83. The van der Waals surface area contributed by atoms with Crippen LogP contribution in [-0.4, -0.2) is 33.1 Å². The number of thioether (sulfide) groups is 1. The Morgan fingerprint density at radius 1 is 1.45 bits per heavy atom. The molecule has 1 fully saturated rings. The van der Waals surface area contributed by atoms with Crippen LogP contribution in [0.25, 0.3) is 0 Å². The van der Waals surface area contributed by atoms with Crippen LogP contribution in [0.15, 0.2) is 4.34 Å². The second-order valence-corrected chi connectivity index (χ2v) is 7.31. The van der Waals surface area contributed by atoms with Gasteiger partial charge in [-0.15, -0.1) is 10.2 Å². The summed E-state index contributed by atoms with van der Waals surface area (Å²) in [5.74, 6) is -0.0600. The maximum absolute atomic E-state index is 10.5. The summed E-state index contributed by atoms with van der Waals surface area (Å²) in [5, 5.41) is 21.1. The molecule has 1 heterocycles. The zero-order valence-electron chi connectivity index (χ0n) is 11.7. The Morgan fingerprint density at radius 2 is 2.20 bits per heavy atom. The van der Waals surface area contributed by atoms with Crippen molar-refractivity contribution in [3.8, 4) is 0 Å². The first-order valence-electron chi connectivity index (χ1n) is 7.13. The molecular weight excluding hydrogens is 294 g/mol. The number of rotatable bonds is 7. The minimum Gasteiger partial charge on any atom is -0.481 e. The van der Waals surface area contributed by atoms with Gasteiger partial charge in [-0.25, -0.2) is 0 Å². The summed E-state index contributed by atoms with van der Waals surface area (Å²) >= 11 is 2.67. The third-order valence-electron chi connectivity index (χ3n) is 3.69. The van der Waals surface area contributed by atoms with Crippen molar-refractivity contribution in [3.05, 3.63) is 0 Å². The van der Waals surface area contributed by atoms with E-state index in [1.165, 1.54) is 55.2 Å². The molecule has 0 aliphatic heterocycles. The van der Waals surface area contributed by atoms with Crippen molar-refractivity contribution in [1.29, 1.82) is 0 Å². The molecule has 20 heavy (non-hydrogen) atoms. The third kappa shape index (κ3) is 4.63. The van der Waals surface area contributed by atoms with Gasteiger partial charge in [0.15, 0.2) is 4.34 Å².